The second kappa shape index (κ2) is 7.09. The van der Waals surface area contributed by atoms with E-state index >= 15 is 0 Å². The molecule has 0 aromatic carbocycles. The van der Waals surface area contributed by atoms with E-state index in [-0.39, 0.29) is 18.2 Å². The van der Waals surface area contributed by atoms with Gasteiger partial charge in [0.1, 0.15) is 11.9 Å². The van der Waals surface area contributed by atoms with Crippen molar-refractivity contribution >= 4 is 11.9 Å². The molecule has 2 rings (SSSR count). The molecule has 2 heterocycles. The van der Waals surface area contributed by atoms with Crippen molar-refractivity contribution in [3.05, 3.63) is 17.5 Å². The van der Waals surface area contributed by atoms with Crippen LogP contribution in [0.4, 0.5) is 13.2 Å². The van der Waals surface area contributed by atoms with Crippen LogP contribution in [-0.4, -0.2) is 53.0 Å². The molecule has 2 aromatic heterocycles. The van der Waals surface area contributed by atoms with Crippen LogP contribution in [0.5, 0.6) is 0 Å². The molecule has 0 saturated heterocycles. The largest absolute Gasteiger partial charge is 0.480 e. The number of H-pyrrole nitrogens is 1. The van der Waals surface area contributed by atoms with E-state index in [1.807, 2.05) is 0 Å². The second-order valence-electron chi connectivity index (χ2n) is 5.87. The maximum absolute atomic E-state index is 12.6. The Hall–Kier alpha value is -2.99. The molecule has 0 aliphatic carbocycles. The molecule has 0 saturated carbocycles. The average Bonchev–Trinajstić information content (AvgIpc) is 3.11. The molecule has 13 heteroatoms. The molecule has 2 aromatic rings. The number of hydrogen-bond donors (Lipinski definition) is 3. The van der Waals surface area contributed by atoms with E-state index in [1.54, 1.807) is 18.9 Å². The fourth-order valence-corrected chi connectivity index (χ4v) is 2.07. The Labute approximate surface area is 144 Å². The van der Waals surface area contributed by atoms with Crippen LogP contribution < -0.4 is 5.32 Å². The number of aryl methyl sites for hydroxylation is 1. The highest BCUT2D eigenvalue weighted by molar-refractivity contribution is 5.93. The first-order valence-corrected chi connectivity index (χ1v) is 7.46. The molecular weight excluding hydrogens is 359 g/mol. The molecule has 1 atom stereocenters. The number of carboxylic acid groups (broad SMARTS) is 1. The summed E-state index contributed by atoms with van der Waals surface area (Å²) in [5.41, 5.74) is 0. The highest BCUT2D eigenvalue weighted by Crippen LogP contribution is 2.26. The number of alkyl halides is 3. The van der Waals surface area contributed by atoms with Crippen molar-refractivity contribution in [2.45, 2.75) is 39.4 Å². The SMILES string of the molecule is Cc1nc(C(=O)N[C@H](CC(C)C)C(=O)O)nn1-c1n[nH]c(C(F)(F)F)n1. The Kier molecular flexibility index (Phi) is 5.28. The molecule has 0 aliphatic heterocycles. The average molecular weight is 375 g/mol. The van der Waals surface area contributed by atoms with Crippen LogP contribution in [-0.2, 0) is 11.0 Å². The Morgan fingerprint density at radius 3 is 2.46 bits per heavy atom. The first-order chi connectivity index (χ1) is 12.0. The van der Waals surface area contributed by atoms with Crippen molar-refractivity contribution < 1.29 is 27.9 Å². The number of rotatable bonds is 6. The third kappa shape index (κ3) is 4.34. The zero-order valence-electron chi connectivity index (χ0n) is 14.0. The van der Waals surface area contributed by atoms with Gasteiger partial charge < -0.3 is 10.4 Å². The molecule has 0 radical (unpaired) electrons. The minimum absolute atomic E-state index is 0.0118. The Balaban J connectivity index is 2.22. The van der Waals surface area contributed by atoms with Gasteiger partial charge in [0.25, 0.3) is 11.9 Å². The molecule has 0 fully saturated rings. The van der Waals surface area contributed by atoms with Crippen molar-refractivity contribution in [1.29, 1.82) is 0 Å². The normalized spacial score (nSPS) is 13.0. The number of aliphatic carboxylic acids is 1. The summed E-state index contributed by atoms with van der Waals surface area (Å²) in [7, 11) is 0. The number of aromatic nitrogens is 6. The van der Waals surface area contributed by atoms with E-state index in [1.165, 1.54) is 6.92 Å². The standard InChI is InChI=1S/C13H16F3N7O3/c1-5(2)4-7(10(25)26)18-9(24)8-17-6(3)23(22-8)12-19-11(20-21-12)13(14,15)16/h5,7H,4H2,1-3H3,(H,18,24)(H,25,26)(H,19,20,21)/t7-/m1/s1. The summed E-state index contributed by atoms with van der Waals surface area (Å²) in [5, 5.41) is 20.3. The number of carboxylic acids is 1. The topological polar surface area (TPSA) is 139 Å². The van der Waals surface area contributed by atoms with Crippen LogP contribution in [0.25, 0.3) is 5.95 Å². The summed E-state index contributed by atoms with van der Waals surface area (Å²) in [4.78, 5) is 30.4. The summed E-state index contributed by atoms with van der Waals surface area (Å²) in [6.45, 7) is 4.97. The van der Waals surface area contributed by atoms with E-state index in [9.17, 15) is 22.8 Å². The van der Waals surface area contributed by atoms with Gasteiger partial charge in [-0.3, -0.25) is 9.89 Å². The fraction of sp³-hybridized carbons (Fsp3) is 0.538. The molecule has 0 unspecified atom stereocenters. The molecule has 1 amide bonds. The van der Waals surface area contributed by atoms with E-state index < -0.39 is 41.7 Å². The minimum atomic E-state index is -4.72. The van der Waals surface area contributed by atoms with Crippen molar-refractivity contribution in [3.63, 3.8) is 0 Å². The van der Waals surface area contributed by atoms with Gasteiger partial charge in [0.2, 0.25) is 11.6 Å². The van der Waals surface area contributed by atoms with Crippen molar-refractivity contribution in [2.75, 3.05) is 0 Å². The van der Waals surface area contributed by atoms with Crippen LogP contribution in [0.2, 0.25) is 0 Å². The van der Waals surface area contributed by atoms with Gasteiger partial charge in [-0.15, -0.1) is 10.2 Å². The number of carbonyl (C=O) groups is 2. The maximum atomic E-state index is 12.6. The van der Waals surface area contributed by atoms with Gasteiger partial charge in [0, 0.05) is 0 Å². The van der Waals surface area contributed by atoms with Gasteiger partial charge in [0.15, 0.2) is 0 Å². The van der Waals surface area contributed by atoms with E-state index in [4.69, 9.17) is 5.11 Å². The summed E-state index contributed by atoms with van der Waals surface area (Å²) in [5.74, 6) is -4.19. The van der Waals surface area contributed by atoms with Crippen LogP contribution in [0.15, 0.2) is 0 Å². The lowest BCUT2D eigenvalue weighted by Gasteiger charge is -2.15. The first kappa shape index (κ1) is 19.3. The summed E-state index contributed by atoms with van der Waals surface area (Å²) < 4.78 is 38.6. The fourth-order valence-electron chi connectivity index (χ4n) is 2.07. The zero-order valence-corrected chi connectivity index (χ0v) is 14.0. The predicted octanol–water partition coefficient (Wildman–Crippen LogP) is 0.942. The highest BCUT2D eigenvalue weighted by Gasteiger charge is 2.36. The lowest BCUT2D eigenvalue weighted by molar-refractivity contribution is -0.144. The molecule has 3 N–H and O–H groups in total. The van der Waals surface area contributed by atoms with Crippen LogP contribution in [0.1, 0.15) is 42.5 Å². The van der Waals surface area contributed by atoms with Gasteiger partial charge in [-0.25, -0.2) is 9.78 Å². The zero-order chi connectivity index (χ0) is 19.6. The van der Waals surface area contributed by atoms with E-state index in [0.29, 0.717) is 0 Å². The van der Waals surface area contributed by atoms with Crippen LogP contribution in [0.3, 0.4) is 0 Å². The van der Waals surface area contributed by atoms with E-state index in [0.717, 1.165) is 4.68 Å². The lowest BCUT2D eigenvalue weighted by Crippen LogP contribution is -2.42. The first-order valence-electron chi connectivity index (χ1n) is 7.46. The number of nitrogens with one attached hydrogen (secondary N) is 2. The third-order valence-electron chi connectivity index (χ3n) is 3.21. The summed E-state index contributed by atoms with van der Waals surface area (Å²) in [6.07, 6.45) is -4.53. The monoisotopic (exact) mass is 375 g/mol. The third-order valence-corrected chi connectivity index (χ3v) is 3.21. The van der Waals surface area contributed by atoms with Crippen molar-refractivity contribution in [2.24, 2.45) is 5.92 Å². The number of carbonyl (C=O) groups excluding carboxylic acids is 1. The van der Waals surface area contributed by atoms with Crippen LogP contribution in [0, 0.1) is 12.8 Å². The maximum Gasteiger partial charge on any atom is 0.451 e. The molecule has 10 nitrogen and oxygen atoms in total. The number of amides is 1. The molecule has 26 heavy (non-hydrogen) atoms. The van der Waals surface area contributed by atoms with E-state index in [2.05, 4.69) is 25.5 Å². The second-order valence-corrected chi connectivity index (χ2v) is 5.87. The van der Waals surface area contributed by atoms with Gasteiger partial charge >= 0.3 is 12.1 Å². The molecule has 0 bridgehead atoms. The summed E-state index contributed by atoms with van der Waals surface area (Å²) >= 11 is 0. The number of nitrogens with zero attached hydrogens (tertiary/aromatic N) is 5. The number of hydrogen-bond acceptors (Lipinski definition) is 6. The van der Waals surface area contributed by atoms with Crippen molar-refractivity contribution in [1.82, 2.24) is 35.3 Å². The molecule has 142 valence electrons. The number of aromatic amines is 1. The Morgan fingerprint density at radius 2 is 1.96 bits per heavy atom. The highest BCUT2D eigenvalue weighted by atomic mass is 19.4. The quantitative estimate of drug-likeness (QED) is 0.683. The Bertz CT molecular complexity index is 812. The number of halogens is 3. The van der Waals surface area contributed by atoms with Gasteiger partial charge in [-0.05, 0) is 19.3 Å². The summed E-state index contributed by atoms with van der Waals surface area (Å²) in [6, 6.07) is -1.14. The Morgan fingerprint density at radius 1 is 1.31 bits per heavy atom. The van der Waals surface area contributed by atoms with Crippen LogP contribution >= 0.6 is 0 Å². The van der Waals surface area contributed by atoms with Gasteiger partial charge in [-0.2, -0.15) is 22.8 Å². The smallest absolute Gasteiger partial charge is 0.451 e. The van der Waals surface area contributed by atoms with Crippen molar-refractivity contribution in [3.8, 4) is 5.95 Å². The van der Waals surface area contributed by atoms with Gasteiger partial charge in [-0.1, -0.05) is 13.8 Å². The van der Waals surface area contributed by atoms with Gasteiger partial charge in [0.05, 0.1) is 0 Å². The molecule has 0 spiro atoms. The minimum Gasteiger partial charge on any atom is -0.480 e. The molecular formula is C13H16F3N7O3. The predicted molar refractivity (Wildman–Crippen MR) is 79.4 cm³/mol. The molecule has 0 aliphatic rings. The lowest BCUT2D eigenvalue weighted by atomic mass is 10.0.